The zero-order valence-electron chi connectivity index (χ0n) is 17.2. The third-order valence-electron chi connectivity index (χ3n) is 5.20. The summed E-state index contributed by atoms with van der Waals surface area (Å²) in [7, 11) is -4.40. The Labute approximate surface area is 166 Å². The lowest BCUT2D eigenvalue weighted by Crippen LogP contribution is -2.04. The van der Waals surface area contributed by atoms with E-state index in [1.807, 2.05) is 0 Å². The maximum atomic E-state index is 11.5. The van der Waals surface area contributed by atoms with Crippen LogP contribution >= 0.6 is 0 Å². The Morgan fingerprint density at radius 2 is 1.22 bits per heavy atom. The number of phenolic OH excluding ortho intramolecular Hbond substituents is 1. The molecule has 0 amide bonds. The van der Waals surface area contributed by atoms with Crippen molar-refractivity contribution in [3.8, 4) is 5.75 Å². The number of aryl methyl sites for hydroxylation is 1. The molecule has 0 saturated heterocycles. The summed E-state index contributed by atoms with van der Waals surface area (Å²) in [5.41, 5.74) is 1.72. The molecule has 4 nitrogen and oxygen atoms in total. The largest absolute Gasteiger partial charge is 0.506 e. The SMILES string of the molecule is CCCCCCCCc1ccc(S(=O)(=O)O)c(O)c1CCCCCCCC. The molecule has 0 radical (unpaired) electrons. The normalized spacial score (nSPS) is 11.8. The molecule has 0 spiro atoms. The fourth-order valence-electron chi connectivity index (χ4n) is 3.56. The van der Waals surface area contributed by atoms with Crippen LogP contribution in [0.3, 0.4) is 0 Å². The van der Waals surface area contributed by atoms with E-state index >= 15 is 0 Å². The van der Waals surface area contributed by atoms with E-state index in [0.29, 0.717) is 12.0 Å². The van der Waals surface area contributed by atoms with Gasteiger partial charge in [-0.05, 0) is 42.9 Å². The molecule has 0 heterocycles. The minimum atomic E-state index is -4.40. The van der Waals surface area contributed by atoms with Crippen LogP contribution in [0.25, 0.3) is 0 Å². The molecule has 0 aromatic heterocycles. The summed E-state index contributed by atoms with van der Waals surface area (Å²) in [6, 6.07) is 3.10. The van der Waals surface area contributed by atoms with E-state index in [4.69, 9.17) is 0 Å². The lowest BCUT2D eigenvalue weighted by atomic mass is 9.95. The summed E-state index contributed by atoms with van der Waals surface area (Å²) < 4.78 is 32.4. The molecule has 0 aliphatic carbocycles. The molecule has 0 bridgehead atoms. The van der Waals surface area contributed by atoms with Gasteiger partial charge in [-0.3, -0.25) is 4.55 Å². The monoisotopic (exact) mass is 398 g/mol. The van der Waals surface area contributed by atoms with E-state index in [-0.39, 0.29) is 10.6 Å². The molecular weight excluding hydrogens is 360 g/mol. The average Bonchev–Trinajstić information content (AvgIpc) is 2.61. The third kappa shape index (κ3) is 9.11. The van der Waals surface area contributed by atoms with Gasteiger partial charge in [0.2, 0.25) is 0 Å². The molecule has 156 valence electrons. The predicted molar refractivity (Wildman–Crippen MR) is 112 cm³/mol. The van der Waals surface area contributed by atoms with Gasteiger partial charge in [-0.1, -0.05) is 84.1 Å². The van der Waals surface area contributed by atoms with E-state index < -0.39 is 10.1 Å². The molecule has 1 rings (SSSR count). The van der Waals surface area contributed by atoms with Crippen molar-refractivity contribution in [2.75, 3.05) is 0 Å². The molecule has 0 aliphatic rings. The summed E-state index contributed by atoms with van der Waals surface area (Å²) in [6.45, 7) is 4.39. The van der Waals surface area contributed by atoms with Crippen LogP contribution in [0.2, 0.25) is 0 Å². The first-order valence-corrected chi connectivity index (χ1v) is 12.2. The Bertz CT molecular complexity index is 638. The highest BCUT2D eigenvalue weighted by molar-refractivity contribution is 7.86. The van der Waals surface area contributed by atoms with Crippen molar-refractivity contribution in [3.63, 3.8) is 0 Å². The number of hydrogen-bond acceptors (Lipinski definition) is 3. The summed E-state index contributed by atoms with van der Waals surface area (Å²) in [5, 5.41) is 10.5. The first kappa shape index (κ1) is 24.0. The van der Waals surface area contributed by atoms with E-state index in [1.165, 1.54) is 57.4 Å². The highest BCUT2D eigenvalue weighted by Gasteiger charge is 2.20. The Morgan fingerprint density at radius 3 is 1.74 bits per heavy atom. The Balaban J connectivity index is 2.74. The van der Waals surface area contributed by atoms with Crippen molar-refractivity contribution in [2.45, 2.75) is 109 Å². The summed E-state index contributed by atoms with van der Waals surface area (Å²) in [5.74, 6) is -0.255. The summed E-state index contributed by atoms with van der Waals surface area (Å²) in [6.07, 6.45) is 15.5. The number of hydrogen-bond donors (Lipinski definition) is 2. The van der Waals surface area contributed by atoms with Crippen LogP contribution in [0.15, 0.2) is 17.0 Å². The topological polar surface area (TPSA) is 74.6 Å². The number of phenols is 1. The Hall–Kier alpha value is -1.07. The Kier molecular flexibility index (Phi) is 11.7. The van der Waals surface area contributed by atoms with Gasteiger partial charge in [0, 0.05) is 0 Å². The molecule has 0 fully saturated rings. The molecular formula is C22H38O4S. The second-order valence-electron chi connectivity index (χ2n) is 7.56. The Morgan fingerprint density at radius 1 is 0.741 bits per heavy atom. The van der Waals surface area contributed by atoms with Gasteiger partial charge in [0.05, 0.1) is 0 Å². The zero-order valence-corrected chi connectivity index (χ0v) is 18.0. The highest BCUT2D eigenvalue weighted by atomic mass is 32.2. The van der Waals surface area contributed by atoms with Gasteiger partial charge in [0.1, 0.15) is 10.6 Å². The molecule has 0 saturated carbocycles. The minimum absolute atomic E-state index is 0.255. The molecule has 5 heteroatoms. The zero-order chi connectivity index (χ0) is 20.1. The summed E-state index contributed by atoms with van der Waals surface area (Å²) in [4.78, 5) is -0.366. The second kappa shape index (κ2) is 13.2. The number of unbranched alkanes of at least 4 members (excludes halogenated alkanes) is 10. The van der Waals surface area contributed by atoms with Crippen LogP contribution in [0, 0.1) is 0 Å². The third-order valence-corrected chi connectivity index (χ3v) is 6.09. The van der Waals surface area contributed by atoms with Crippen molar-refractivity contribution in [2.24, 2.45) is 0 Å². The van der Waals surface area contributed by atoms with Gasteiger partial charge in [0.15, 0.2) is 0 Å². The van der Waals surface area contributed by atoms with Crippen LogP contribution in [0.4, 0.5) is 0 Å². The highest BCUT2D eigenvalue weighted by Crippen LogP contribution is 2.32. The molecule has 0 aliphatic heterocycles. The van der Waals surface area contributed by atoms with Gasteiger partial charge in [-0.25, -0.2) is 0 Å². The van der Waals surface area contributed by atoms with Gasteiger partial charge in [0.25, 0.3) is 10.1 Å². The lowest BCUT2D eigenvalue weighted by molar-refractivity contribution is 0.435. The predicted octanol–water partition coefficient (Wildman–Crippen LogP) is 6.44. The molecule has 1 aromatic carbocycles. The fourth-order valence-corrected chi connectivity index (χ4v) is 4.16. The molecule has 27 heavy (non-hydrogen) atoms. The fraction of sp³-hybridized carbons (Fsp3) is 0.727. The smallest absolute Gasteiger partial charge is 0.298 e. The van der Waals surface area contributed by atoms with E-state index in [9.17, 15) is 18.1 Å². The van der Waals surface area contributed by atoms with Crippen LogP contribution in [-0.2, 0) is 23.0 Å². The molecule has 0 atom stereocenters. The van der Waals surface area contributed by atoms with Gasteiger partial charge >= 0.3 is 0 Å². The molecule has 1 aromatic rings. The second-order valence-corrected chi connectivity index (χ2v) is 8.95. The maximum Gasteiger partial charge on any atom is 0.298 e. The van der Waals surface area contributed by atoms with Crippen LogP contribution in [0.1, 0.15) is 102 Å². The van der Waals surface area contributed by atoms with Crippen molar-refractivity contribution in [3.05, 3.63) is 23.3 Å². The molecule has 2 N–H and O–H groups in total. The minimum Gasteiger partial charge on any atom is -0.506 e. The van der Waals surface area contributed by atoms with Crippen LogP contribution in [-0.4, -0.2) is 18.1 Å². The van der Waals surface area contributed by atoms with Gasteiger partial charge < -0.3 is 5.11 Å². The first-order chi connectivity index (χ1) is 12.9. The lowest BCUT2D eigenvalue weighted by Gasteiger charge is -2.14. The average molecular weight is 399 g/mol. The van der Waals surface area contributed by atoms with Crippen molar-refractivity contribution in [1.29, 1.82) is 0 Å². The number of benzene rings is 1. The quantitative estimate of drug-likeness (QED) is 0.263. The van der Waals surface area contributed by atoms with E-state index in [1.54, 1.807) is 6.07 Å². The molecule has 0 unspecified atom stereocenters. The summed E-state index contributed by atoms with van der Waals surface area (Å²) >= 11 is 0. The van der Waals surface area contributed by atoms with E-state index in [0.717, 1.165) is 37.7 Å². The van der Waals surface area contributed by atoms with Crippen LogP contribution in [0.5, 0.6) is 5.75 Å². The first-order valence-electron chi connectivity index (χ1n) is 10.7. The maximum absolute atomic E-state index is 11.5. The number of rotatable bonds is 15. The van der Waals surface area contributed by atoms with Crippen molar-refractivity contribution < 1.29 is 18.1 Å². The standard InChI is InChI=1S/C22H38O4S/c1-3-5-7-9-11-13-15-19-17-18-21(27(24,25)26)22(23)20(19)16-14-12-10-8-6-4-2/h17-18,23H,3-16H2,1-2H3,(H,24,25,26). The van der Waals surface area contributed by atoms with Gasteiger partial charge in [-0.15, -0.1) is 0 Å². The van der Waals surface area contributed by atoms with Crippen LogP contribution < -0.4 is 0 Å². The van der Waals surface area contributed by atoms with Gasteiger partial charge in [-0.2, -0.15) is 8.42 Å². The van der Waals surface area contributed by atoms with Crippen molar-refractivity contribution >= 4 is 10.1 Å². The number of aromatic hydroxyl groups is 1. The van der Waals surface area contributed by atoms with Crippen molar-refractivity contribution in [1.82, 2.24) is 0 Å². The van der Waals surface area contributed by atoms with E-state index in [2.05, 4.69) is 13.8 Å².